The van der Waals surface area contributed by atoms with E-state index in [9.17, 15) is 23.5 Å². The summed E-state index contributed by atoms with van der Waals surface area (Å²) in [6, 6.07) is 1.67. The number of anilines is 1. The number of rotatable bonds is 9. The second kappa shape index (κ2) is 10.1. The van der Waals surface area contributed by atoms with E-state index in [1.54, 1.807) is 0 Å². The average molecular weight is 371 g/mol. The van der Waals surface area contributed by atoms with Crippen LogP contribution in [0.3, 0.4) is 0 Å². The number of nitrogens with one attached hydrogen (secondary N) is 2. The molecule has 1 aliphatic heterocycles. The number of nitrogens with zero attached hydrogens (tertiary/aromatic N) is 1. The zero-order valence-electron chi connectivity index (χ0n) is 14.3. The van der Waals surface area contributed by atoms with Crippen molar-refractivity contribution < 1.29 is 28.2 Å². The van der Waals surface area contributed by atoms with Gasteiger partial charge in [-0.2, -0.15) is 0 Å². The molecule has 1 aromatic carbocycles. The van der Waals surface area contributed by atoms with E-state index in [2.05, 4.69) is 15.5 Å². The maximum Gasteiger partial charge on any atom is 0.321 e. The normalized spacial score (nSPS) is 16.2. The maximum atomic E-state index is 13.5. The first-order valence-electron chi connectivity index (χ1n) is 8.47. The van der Waals surface area contributed by atoms with Gasteiger partial charge < -0.3 is 20.5 Å². The number of hydrogen-bond donors (Lipinski definition) is 3. The van der Waals surface area contributed by atoms with E-state index in [4.69, 9.17) is 4.74 Å². The highest BCUT2D eigenvalue weighted by Crippen LogP contribution is 2.15. The number of benzene rings is 1. The lowest BCUT2D eigenvalue weighted by Gasteiger charge is -2.26. The van der Waals surface area contributed by atoms with Crippen LogP contribution in [0, 0.1) is 11.6 Å². The highest BCUT2D eigenvalue weighted by molar-refractivity contribution is 5.94. The first kappa shape index (κ1) is 20.2. The van der Waals surface area contributed by atoms with E-state index in [0.29, 0.717) is 25.8 Å². The molecule has 1 heterocycles. The van der Waals surface area contributed by atoms with E-state index in [1.165, 1.54) is 0 Å². The van der Waals surface area contributed by atoms with E-state index in [0.717, 1.165) is 38.2 Å². The molecule has 3 N–H and O–H groups in total. The molecule has 1 aromatic rings. The van der Waals surface area contributed by atoms with Gasteiger partial charge in [-0.15, -0.1) is 0 Å². The zero-order chi connectivity index (χ0) is 18.9. The molecule has 0 bridgehead atoms. The highest BCUT2D eigenvalue weighted by atomic mass is 19.1. The Bertz CT molecular complexity index is 624. The molecule has 1 fully saturated rings. The number of ether oxygens (including phenoxy) is 1. The molecular formula is C17H23F2N3O4. The molecule has 7 nitrogen and oxygen atoms in total. The Hall–Kier alpha value is -2.10. The summed E-state index contributed by atoms with van der Waals surface area (Å²) >= 11 is 0. The largest absolute Gasteiger partial charge is 0.480 e. The molecule has 0 aliphatic carbocycles. The van der Waals surface area contributed by atoms with Crippen LogP contribution in [-0.4, -0.2) is 67.3 Å². The van der Waals surface area contributed by atoms with Crippen molar-refractivity contribution >= 4 is 17.6 Å². The number of carboxylic acids is 1. The fourth-order valence-corrected chi connectivity index (χ4v) is 2.63. The Labute approximate surface area is 150 Å². The van der Waals surface area contributed by atoms with E-state index in [-0.39, 0.29) is 12.1 Å². The lowest BCUT2D eigenvalue weighted by atomic mass is 10.2. The first-order valence-corrected chi connectivity index (χ1v) is 8.47. The van der Waals surface area contributed by atoms with Gasteiger partial charge >= 0.3 is 5.97 Å². The molecule has 1 amide bonds. The van der Waals surface area contributed by atoms with Crippen molar-refractivity contribution in [2.24, 2.45) is 0 Å². The van der Waals surface area contributed by atoms with E-state index in [1.807, 2.05) is 0 Å². The summed E-state index contributed by atoms with van der Waals surface area (Å²) < 4.78 is 31.6. The number of halogens is 2. The summed E-state index contributed by atoms with van der Waals surface area (Å²) in [6.07, 6.45) is 0.377. The maximum absolute atomic E-state index is 13.5. The molecule has 26 heavy (non-hydrogen) atoms. The highest BCUT2D eigenvalue weighted by Gasteiger charge is 2.21. The fraction of sp³-hybridized carbons (Fsp3) is 0.529. The van der Waals surface area contributed by atoms with Crippen LogP contribution in [0.2, 0.25) is 0 Å². The Morgan fingerprint density at radius 1 is 1.27 bits per heavy atom. The number of carbonyl (C=O) groups excluding carboxylic acids is 1. The SMILES string of the molecule is O=C(C[C@H](NCCCN1CCOCC1)C(=O)O)Nc1ccc(F)cc1F. The summed E-state index contributed by atoms with van der Waals surface area (Å²) in [5.74, 6) is -3.50. The molecule has 2 rings (SSSR count). The molecule has 1 atom stereocenters. The molecule has 0 aromatic heterocycles. The monoisotopic (exact) mass is 371 g/mol. The lowest BCUT2D eigenvalue weighted by Crippen LogP contribution is -2.42. The number of carboxylic acid groups (broad SMARTS) is 1. The molecule has 1 saturated heterocycles. The van der Waals surface area contributed by atoms with Gasteiger partial charge in [-0.1, -0.05) is 0 Å². The molecule has 9 heteroatoms. The summed E-state index contributed by atoms with van der Waals surface area (Å²) in [4.78, 5) is 25.5. The van der Waals surface area contributed by atoms with Crippen LogP contribution in [-0.2, 0) is 14.3 Å². The summed E-state index contributed by atoms with van der Waals surface area (Å²) in [5, 5.41) is 14.3. The standard InChI is InChI=1S/C17H23F2N3O4/c18-12-2-3-14(13(19)10-12)21-16(23)11-15(17(24)25)20-4-1-5-22-6-8-26-9-7-22/h2-3,10,15,20H,1,4-9,11H2,(H,21,23)(H,24,25)/t15-/m0/s1. The molecule has 144 valence electrons. The summed E-state index contributed by atoms with van der Waals surface area (Å²) in [6.45, 7) is 4.36. The third-order valence-corrected chi connectivity index (χ3v) is 4.04. The third-order valence-electron chi connectivity index (χ3n) is 4.04. The average Bonchev–Trinajstić information content (AvgIpc) is 2.61. The minimum Gasteiger partial charge on any atom is -0.480 e. The molecule has 0 spiro atoms. The number of aliphatic carboxylic acids is 1. The second-order valence-corrected chi connectivity index (χ2v) is 6.03. The molecule has 0 unspecified atom stereocenters. The van der Waals surface area contributed by atoms with Crippen molar-refractivity contribution in [1.29, 1.82) is 0 Å². The third kappa shape index (κ3) is 6.66. The predicted molar refractivity (Wildman–Crippen MR) is 90.9 cm³/mol. The predicted octanol–water partition coefficient (Wildman–Crippen LogP) is 1.06. The minimum absolute atomic E-state index is 0.187. The van der Waals surface area contributed by atoms with Gasteiger partial charge in [-0.3, -0.25) is 14.5 Å². The quantitative estimate of drug-likeness (QED) is 0.563. The second-order valence-electron chi connectivity index (χ2n) is 6.03. The van der Waals surface area contributed by atoms with Crippen LogP contribution in [0.25, 0.3) is 0 Å². The van der Waals surface area contributed by atoms with E-state index < -0.39 is 29.6 Å². The number of amides is 1. The van der Waals surface area contributed by atoms with Gasteiger partial charge in [-0.25, -0.2) is 8.78 Å². The number of hydrogen-bond acceptors (Lipinski definition) is 5. The van der Waals surface area contributed by atoms with Gasteiger partial charge in [0.1, 0.15) is 17.7 Å². The van der Waals surface area contributed by atoms with Crippen LogP contribution in [0.15, 0.2) is 18.2 Å². The van der Waals surface area contributed by atoms with Crippen LogP contribution >= 0.6 is 0 Å². The molecule has 0 saturated carbocycles. The van der Waals surface area contributed by atoms with Crippen LogP contribution in [0.5, 0.6) is 0 Å². The number of carbonyl (C=O) groups is 2. The number of morpholine rings is 1. The van der Waals surface area contributed by atoms with Crippen molar-refractivity contribution in [3.8, 4) is 0 Å². The van der Waals surface area contributed by atoms with Gasteiger partial charge in [0.15, 0.2) is 0 Å². The first-order chi connectivity index (χ1) is 12.5. The zero-order valence-corrected chi connectivity index (χ0v) is 14.3. The Morgan fingerprint density at radius 3 is 2.65 bits per heavy atom. The van der Waals surface area contributed by atoms with Gasteiger partial charge in [-0.05, 0) is 31.6 Å². The Balaban J connectivity index is 1.75. The van der Waals surface area contributed by atoms with Crippen molar-refractivity contribution in [2.45, 2.75) is 18.9 Å². The van der Waals surface area contributed by atoms with Gasteiger partial charge in [0.25, 0.3) is 0 Å². The molecule has 1 aliphatic rings. The van der Waals surface area contributed by atoms with Gasteiger partial charge in [0, 0.05) is 19.2 Å². The van der Waals surface area contributed by atoms with Crippen molar-refractivity contribution in [2.75, 3.05) is 44.7 Å². The van der Waals surface area contributed by atoms with Gasteiger partial charge in [0.2, 0.25) is 5.91 Å². The van der Waals surface area contributed by atoms with E-state index >= 15 is 0 Å². The van der Waals surface area contributed by atoms with Crippen molar-refractivity contribution in [3.63, 3.8) is 0 Å². The summed E-state index contributed by atoms with van der Waals surface area (Å²) in [7, 11) is 0. The minimum atomic E-state index is -1.16. The van der Waals surface area contributed by atoms with Crippen LogP contribution in [0.4, 0.5) is 14.5 Å². The Kier molecular flexibility index (Phi) is 7.89. The summed E-state index contributed by atoms with van der Waals surface area (Å²) in [5.41, 5.74) is -0.187. The topological polar surface area (TPSA) is 90.9 Å². The van der Waals surface area contributed by atoms with Crippen LogP contribution < -0.4 is 10.6 Å². The fourth-order valence-electron chi connectivity index (χ4n) is 2.63. The molecule has 0 radical (unpaired) electrons. The van der Waals surface area contributed by atoms with Crippen LogP contribution in [0.1, 0.15) is 12.8 Å². The van der Waals surface area contributed by atoms with Crippen molar-refractivity contribution in [1.82, 2.24) is 10.2 Å². The lowest BCUT2D eigenvalue weighted by molar-refractivity contribution is -0.141. The smallest absolute Gasteiger partial charge is 0.321 e. The molecular weight excluding hydrogens is 348 g/mol. The Morgan fingerprint density at radius 2 is 2.00 bits per heavy atom. The van der Waals surface area contributed by atoms with Crippen molar-refractivity contribution in [3.05, 3.63) is 29.8 Å². The van der Waals surface area contributed by atoms with Gasteiger partial charge in [0.05, 0.1) is 25.3 Å².